The van der Waals surface area contributed by atoms with Gasteiger partial charge >= 0.3 is 0 Å². The summed E-state index contributed by atoms with van der Waals surface area (Å²) in [5.74, 6) is 0.475. The van der Waals surface area contributed by atoms with Crippen LogP contribution in [0.1, 0.15) is 39.2 Å². The maximum atomic E-state index is 13.0. The Labute approximate surface area is 234 Å². The molecule has 0 bridgehead atoms. The lowest BCUT2D eigenvalue weighted by Crippen LogP contribution is -2.66. The van der Waals surface area contributed by atoms with Gasteiger partial charge in [0.05, 0.1) is 17.4 Å². The third-order valence-corrected chi connectivity index (χ3v) is 13.3. The first-order valence-corrected chi connectivity index (χ1v) is 17.6. The molecule has 0 saturated heterocycles. The molecule has 0 heterocycles. The van der Waals surface area contributed by atoms with Crippen molar-refractivity contribution in [1.82, 2.24) is 0 Å². The van der Waals surface area contributed by atoms with Crippen LogP contribution in [-0.4, -0.2) is 48.2 Å². The molecule has 3 aromatic rings. The summed E-state index contributed by atoms with van der Waals surface area (Å²) < 4.78 is 44.3. The maximum Gasteiger partial charge on any atom is 0.297 e. The lowest BCUT2D eigenvalue weighted by atomic mass is 10.2. The largest absolute Gasteiger partial charge is 0.407 e. The van der Waals surface area contributed by atoms with Gasteiger partial charge in [0.25, 0.3) is 18.4 Å². The molecular formula is C30H40O5S2Si. The van der Waals surface area contributed by atoms with Gasteiger partial charge in [0.2, 0.25) is 0 Å². The monoisotopic (exact) mass is 572 g/mol. The number of hydrogen-bond donors (Lipinski definition) is 0. The third kappa shape index (κ3) is 7.80. The highest BCUT2D eigenvalue weighted by molar-refractivity contribution is 7.98. The molecule has 0 amide bonds. The summed E-state index contributed by atoms with van der Waals surface area (Å²) in [5.41, 5.74) is 0.990. The second-order valence-corrected chi connectivity index (χ2v) is 17.1. The fourth-order valence-electron chi connectivity index (χ4n) is 4.66. The first-order valence-electron chi connectivity index (χ1n) is 12.9. The molecule has 0 fully saturated rings. The Morgan fingerprint density at radius 2 is 1.42 bits per heavy atom. The molecule has 0 radical (unpaired) electrons. The molecule has 0 aliphatic heterocycles. The maximum absolute atomic E-state index is 13.0. The van der Waals surface area contributed by atoms with Crippen LogP contribution >= 0.6 is 11.8 Å². The van der Waals surface area contributed by atoms with Gasteiger partial charge in [-0.15, -0.1) is 11.8 Å². The number of rotatable bonds is 14. The van der Waals surface area contributed by atoms with Crippen LogP contribution in [0.3, 0.4) is 0 Å². The Hall–Kier alpha value is -1.94. The summed E-state index contributed by atoms with van der Waals surface area (Å²) in [6.07, 6.45) is 2.48. The van der Waals surface area contributed by atoms with Gasteiger partial charge in [-0.25, -0.2) is 0 Å². The molecule has 3 aromatic carbocycles. The van der Waals surface area contributed by atoms with E-state index in [2.05, 4.69) is 69.3 Å². The van der Waals surface area contributed by atoms with Crippen LogP contribution in [0, 0.1) is 6.92 Å². The van der Waals surface area contributed by atoms with E-state index in [4.69, 9.17) is 13.3 Å². The zero-order valence-corrected chi connectivity index (χ0v) is 25.7. The Bertz CT molecular complexity index is 1170. The van der Waals surface area contributed by atoms with E-state index in [1.165, 1.54) is 10.4 Å². The number of benzene rings is 3. The molecule has 0 unspecified atom stereocenters. The highest BCUT2D eigenvalue weighted by Gasteiger charge is 2.50. The van der Waals surface area contributed by atoms with E-state index in [1.54, 1.807) is 36.0 Å². The molecule has 1 atom stereocenters. The van der Waals surface area contributed by atoms with Crippen molar-refractivity contribution < 1.29 is 21.8 Å². The van der Waals surface area contributed by atoms with Crippen molar-refractivity contribution in [3.05, 3.63) is 90.5 Å². The van der Waals surface area contributed by atoms with Crippen molar-refractivity contribution >= 4 is 40.6 Å². The van der Waals surface area contributed by atoms with Crippen LogP contribution in [0.4, 0.5) is 0 Å². The third-order valence-electron chi connectivity index (χ3n) is 6.48. The van der Waals surface area contributed by atoms with Crippen molar-refractivity contribution in [2.75, 3.05) is 25.4 Å². The number of ether oxygens (including phenoxy) is 1. The van der Waals surface area contributed by atoms with Crippen LogP contribution in [0.15, 0.2) is 89.8 Å². The first-order chi connectivity index (χ1) is 18.1. The molecule has 8 heteroatoms. The molecule has 0 aliphatic carbocycles. The van der Waals surface area contributed by atoms with Gasteiger partial charge in [-0.1, -0.05) is 99.1 Å². The second-order valence-electron chi connectivity index (χ2n) is 10.4. The molecule has 0 saturated carbocycles. The molecular weight excluding hydrogens is 533 g/mol. The van der Waals surface area contributed by atoms with Crippen LogP contribution in [0.2, 0.25) is 5.04 Å². The summed E-state index contributed by atoms with van der Waals surface area (Å²) in [5, 5.41) is 2.32. The second kappa shape index (κ2) is 13.9. The van der Waals surface area contributed by atoms with E-state index in [1.807, 2.05) is 25.3 Å². The Morgan fingerprint density at radius 3 is 1.92 bits per heavy atom. The lowest BCUT2D eigenvalue weighted by Gasteiger charge is -2.43. The van der Waals surface area contributed by atoms with Gasteiger partial charge in [-0.05, 0) is 53.6 Å². The standard InChI is InChI=1S/C30H40O5S2Si/c1-25-18-20-27(21-19-25)37(31,32)35-26(23-33-24-36-5)13-12-22-34-38(30(2,3)4,28-14-8-6-9-15-28)29-16-10-7-11-17-29/h6-11,14-21,26H,12-13,22-24H2,1-5H3/t26-/m0/s1. The van der Waals surface area contributed by atoms with Gasteiger partial charge in [-0.3, -0.25) is 4.18 Å². The van der Waals surface area contributed by atoms with E-state index >= 15 is 0 Å². The lowest BCUT2D eigenvalue weighted by molar-refractivity contribution is 0.0688. The number of hydrogen-bond acceptors (Lipinski definition) is 6. The van der Waals surface area contributed by atoms with Gasteiger partial charge in [0.15, 0.2) is 0 Å². The average molecular weight is 573 g/mol. The Balaban J connectivity index is 1.78. The zero-order chi connectivity index (χ0) is 27.7. The SMILES string of the molecule is CSCOC[C@H](CCCO[Si](c1ccccc1)(c1ccccc1)C(C)(C)C)OS(=O)(=O)c1ccc(C)cc1. The minimum Gasteiger partial charge on any atom is -0.407 e. The quantitative estimate of drug-likeness (QED) is 0.106. The minimum absolute atomic E-state index is 0.123. The number of aryl methyl sites for hydroxylation is 1. The van der Waals surface area contributed by atoms with Crippen LogP contribution < -0.4 is 10.4 Å². The van der Waals surface area contributed by atoms with Crippen molar-refractivity contribution in [2.45, 2.75) is 56.6 Å². The van der Waals surface area contributed by atoms with E-state index in [0.717, 1.165) is 5.56 Å². The van der Waals surface area contributed by atoms with Crippen molar-refractivity contribution in [3.8, 4) is 0 Å². The fourth-order valence-corrected chi connectivity index (χ4v) is 10.6. The summed E-state index contributed by atoms with van der Waals surface area (Å²) in [6, 6.07) is 27.7. The van der Waals surface area contributed by atoms with E-state index < -0.39 is 24.5 Å². The van der Waals surface area contributed by atoms with Crippen molar-refractivity contribution in [3.63, 3.8) is 0 Å². The van der Waals surface area contributed by atoms with Gasteiger partial charge < -0.3 is 9.16 Å². The molecule has 0 N–H and O–H groups in total. The molecule has 0 aromatic heterocycles. The normalized spacial score (nSPS) is 13.4. The summed E-state index contributed by atoms with van der Waals surface area (Å²) >= 11 is 1.54. The molecule has 5 nitrogen and oxygen atoms in total. The average Bonchev–Trinajstić information content (AvgIpc) is 2.89. The fraction of sp³-hybridized carbons (Fsp3) is 0.400. The molecule has 0 spiro atoms. The van der Waals surface area contributed by atoms with E-state index in [9.17, 15) is 8.42 Å². The van der Waals surface area contributed by atoms with Gasteiger partial charge in [-0.2, -0.15) is 8.42 Å². The van der Waals surface area contributed by atoms with E-state index in [0.29, 0.717) is 25.4 Å². The topological polar surface area (TPSA) is 61.8 Å². The zero-order valence-electron chi connectivity index (χ0n) is 23.1. The molecule has 0 aliphatic rings. The smallest absolute Gasteiger partial charge is 0.297 e. The minimum atomic E-state index is -3.91. The predicted molar refractivity (Wildman–Crippen MR) is 160 cm³/mol. The number of thioether (sulfide) groups is 1. The highest BCUT2D eigenvalue weighted by atomic mass is 32.2. The van der Waals surface area contributed by atoms with E-state index in [-0.39, 0.29) is 16.5 Å². The van der Waals surface area contributed by atoms with Crippen LogP contribution in [-0.2, 0) is 23.5 Å². The van der Waals surface area contributed by atoms with Crippen LogP contribution in [0.25, 0.3) is 0 Å². The van der Waals surface area contributed by atoms with Gasteiger partial charge in [0.1, 0.15) is 6.10 Å². The summed E-state index contributed by atoms with van der Waals surface area (Å²) in [6.45, 7) is 9.34. The van der Waals surface area contributed by atoms with Crippen molar-refractivity contribution in [2.24, 2.45) is 0 Å². The summed E-state index contributed by atoms with van der Waals surface area (Å²) in [4.78, 5) is 0.154. The van der Waals surface area contributed by atoms with Crippen molar-refractivity contribution in [1.29, 1.82) is 0 Å². The molecule has 3 rings (SSSR count). The first kappa shape index (κ1) is 30.6. The predicted octanol–water partition coefficient (Wildman–Crippen LogP) is 5.76. The summed E-state index contributed by atoms with van der Waals surface area (Å²) in [7, 11) is -6.56. The molecule has 206 valence electrons. The van der Waals surface area contributed by atoms with Crippen LogP contribution in [0.5, 0.6) is 0 Å². The van der Waals surface area contributed by atoms with Gasteiger partial charge in [0, 0.05) is 6.61 Å². The Morgan fingerprint density at radius 1 is 0.868 bits per heavy atom. The highest BCUT2D eigenvalue weighted by Crippen LogP contribution is 2.37. The Kier molecular flexibility index (Phi) is 11.2. The molecule has 38 heavy (non-hydrogen) atoms.